The van der Waals surface area contributed by atoms with Gasteiger partial charge in [0.25, 0.3) is 0 Å². The first-order valence-electron chi connectivity index (χ1n) is 8.35. The van der Waals surface area contributed by atoms with Crippen LogP contribution in [0.2, 0.25) is 0 Å². The largest absolute Gasteiger partial charge is 0.480 e. The van der Waals surface area contributed by atoms with Crippen molar-refractivity contribution < 1.29 is 18.3 Å². The summed E-state index contributed by atoms with van der Waals surface area (Å²) in [7, 11) is -3.18. The molecule has 2 rings (SSSR count). The molecule has 0 heterocycles. The normalized spacial score (nSPS) is 25.2. The van der Waals surface area contributed by atoms with Crippen LogP contribution in [0.15, 0.2) is 0 Å². The number of nitrogens with zero attached hydrogens (tertiary/aromatic N) is 1. The lowest BCUT2D eigenvalue weighted by Crippen LogP contribution is -2.55. The van der Waals surface area contributed by atoms with Crippen molar-refractivity contribution in [3.05, 3.63) is 0 Å². The van der Waals surface area contributed by atoms with Crippen molar-refractivity contribution in [3.63, 3.8) is 0 Å². The Balaban J connectivity index is 1.73. The van der Waals surface area contributed by atoms with Crippen molar-refractivity contribution in [2.24, 2.45) is 5.92 Å². The maximum atomic E-state index is 11.9. The molecule has 0 saturated heterocycles. The van der Waals surface area contributed by atoms with Gasteiger partial charge in [0, 0.05) is 18.6 Å². The molecule has 6 nitrogen and oxygen atoms in total. The average molecular weight is 332 g/mol. The summed E-state index contributed by atoms with van der Waals surface area (Å²) in [6, 6.07) is 0.187. The molecule has 2 aliphatic rings. The zero-order valence-electron chi connectivity index (χ0n) is 13.3. The van der Waals surface area contributed by atoms with E-state index in [1.807, 2.05) is 11.8 Å². The van der Waals surface area contributed by atoms with Crippen LogP contribution in [0.1, 0.15) is 51.9 Å². The first-order chi connectivity index (χ1) is 10.4. The summed E-state index contributed by atoms with van der Waals surface area (Å²) >= 11 is 0. The Kier molecular flexibility index (Phi) is 6.23. The van der Waals surface area contributed by atoms with Gasteiger partial charge in [-0.1, -0.05) is 19.8 Å². The molecule has 0 bridgehead atoms. The minimum Gasteiger partial charge on any atom is -0.480 e. The number of aliphatic carboxylic acids is 1. The zero-order chi connectivity index (χ0) is 16.2. The molecule has 0 amide bonds. The summed E-state index contributed by atoms with van der Waals surface area (Å²) in [6.45, 7) is 2.96. The first-order valence-corrected chi connectivity index (χ1v) is 10.0. The summed E-state index contributed by atoms with van der Waals surface area (Å²) in [4.78, 5) is 13.0. The Morgan fingerprint density at radius 1 is 1.27 bits per heavy atom. The Hall–Kier alpha value is -0.660. The van der Waals surface area contributed by atoms with Gasteiger partial charge in [0.1, 0.15) is 0 Å². The SMILES string of the molecule is CCCCCS(=O)(=O)NC1CC(N(CC(=O)O)CC2CC2)C1. The van der Waals surface area contributed by atoms with E-state index in [2.05, 4.69) is 4.72 Å². The van der Waals surface area contributed by atoms with Crippen molar-refractivity contribution >= 4 is 16.0 Å². The molecule has 0 aliphatic heterocycles. The number of hydrogen-bond acceptors (Lipinski definition) is 4. The van der Waals surface area contributed by atoms with Crippen molar-refractivity contribution in [3.8, 4) is 0 Å². The number of nitrogens with one attached hydrogen (secondary N) is 1. The van der Waals surface area contributed by atoms with E-state index in [1.54, 1.807) is 0 Å². The van der Waals surface area contributed by atoms with Crippen LogP contribution in [0.3, 0.4) is 0 Å². The molecule has 0 unspecified atom stereocenters. The zero-order valence-corrected chi connectivity index (χ0v) is 14.1. The van der Waals surface area contributed by atoms with Crippen LogP contribution in [0.4, 0.5) is 0 Å². The number of rotatable bonds is 11. The molecule has 2 saturated carbocycles. The van der Waals surface area contributed by atoms with E-state index in [-0.39, 0.29) is 24.4 Å². The summed E-state index contributed by atoms with van der Waals surface area (Å²) < 4.78 is 26.6. The fraction of sp³-hybridized carbons (Fsp3) is 0.933. The molecule has 128 valence electrons. The van der Waals surface area contributed by atoms with Crippen molar-refractivity contribution in [1.82, 2.24) is 9.62 Å². The first kappa shape index (κ1) is 17.7. The highest BCUT2D eigenvalue weighted by Gasteiger charge is 2.38. The molecule has 2 aliphatic carbocycles. The fourth-order valence-corrected chi connectivity index (χ4v) is 4.39. The van der Waals surface area contributed by atoms with Crippen molar-refractivity contribution in [1.29, 1.82) is 0 Å². The number of sulfonamides is 1. The van der Waals surface area contributed by atoms with Crippen LogP contribution in [0, 0.1) is 5.92 Å². The number of carbonyl (C=O) groups is 1. The number of hydrogen-bond donors (Lipinski definition) is 2. The maximum Gasteiger partial charge on any atom is 0.317 e. The molecular formula is C15H28N2O4S. The monoisotopic (exact) mass is 332 g/mol. The smallest absolute Gasteiger partial charge is 0.317 e. The third-order valence-corrected chi connectivity index (χ3v) is 6.04. The summed E-state index contributed by atoms with van der Waals surface area (Å²) in [5.74, 6) is 0.0384. The average Bonchev–Trinajstić information content (AvgIpc) is 3.16. The highest BCUT2D eigenvalue weighted by atomic mass is 32.2. The molecule has 7 heteroatoms. The van der Waals surface area contributed by atoms with Crippen LogP contribution in [0.25, 0.3) is 0 Å². The Morgan fingerprint density at radius 2 is 1.95 bits per heavy atom. The van der Waals surface area contributed by atoms with Gasteiger partial charge in [-0.2, -0.15) is 0 Å². The van der Waals surface area contributed by atoms with E-state index in [4.69, 9.17) is 5.11 Å². The lowest BCUT2D eigenvalue weighted by Gasteiger charge is -2.42. The quantitative estimate of drug-likeness (QED) is 0.559. The van der Waals surface area contributed by atoms with E-state index < -0.39 is 16.0 Å². The molecule has 2 N–H and O–H groups in total. The lowest BCUT2D eigenvalue weighted by molar-refractivity contribution is -0.139. The summed E-state index contributed by atoms with van der Waals surface area (Å²) in [5.41, 5.74) is 0. The topological polar surface area (TPSA) is 86.7 Å². The second kappa shape index (κ2) is 7.75. The van der Waals surface area contributed by atoms with Crippen molar-refractivity contribution in [2.75, 3.05) is 18.8 Å². The molecular weight excluding hydrogens is 304 g/mol. The van der Waals surface area contributed by atoms with Crippen LogP contribution >= 0.6 is 0 Å². The third kappa shape index (κ3) is 5.85. The fourth-order valence-electron chi connectivity index (χ4n) is 2.99. The second-order valence-corrected chi connectivity index (χ2v) is 8.61. The molecule has 0 atom stereocenters. The molecule has 0 aromatic rings. The van der Waals surface area contributed by atoms with Gasteiger partial charge in [-0.3, -0.25) is 9.69 Å². The maximum absolute atomic E-state index is 11.9. The standard InChI is InChI=1S/C15H28N2O4S/c1-2-3-4-7-22(20,21)16-13-8-14(9-13)17(11-15(18)19)10-12-5-6-12/h12-14,16H,2-11H2,1H3,(H,18,19). The van der Waals surface area contributed by atoms with E-state index in [0.717, 1.165) is 32.2 Å². The summed E-state index contributed by atoms with van der Waals surface area (Å²) in [6.07, 6.45) is 6.48. The molecule has 22 heavy (non-hydrogen) atoms. The second-order valence-electron chi connectivity index (χ2n) is 6.73. The van der Waals surface area contributed by atoms with Gasteiger partial charge in [0.2, 0.25) is 10.0 Å². The van der Waals surface area contributed by atoms with Gasteiger partial charge in [0.05, 0.1) is 12.3 Å². The number of unbranched alkanes of at least 4 members (excludes halogenated alkanes) is 2. The highest BCUT2D eigenvalue weighted by molar-refractivity contribution is 7.89. The number of carboxylic acid groups (broad SMARTS) is 1. The van der Waals surface area contributed by atoms with Gasteiger partial charge in [-0.05, 0) is 38.0 Å². The molecule has 2 fully saturated rings. The van der Waals surface area contributed by atoms with E-state index >= 15 is 0 Å². The Labute approximate surface area is 133 Å². The predicted octanol–water partition coefficient (Wildman–Crippen LogP) is 1.42. The van der Waals surface area contributed by atoms with Gasteiger partial charge >= 0.3 is 5.97 Å². The van der Waals surface area contributed by atoms with E-state index in [1.165, 1.54) is 12.8 Å². The Bertz CT molecular complexity index is 470. The molecule has 0 spiro atoms. The highest BCUT2D eigenvalue weighted by Crippen LogP contribution is 2.33. The molecule has 0 radical (unpaired) electrons. The van der Waals surface area contributed by atoms with E-state index in [0.29, 0.717) is 12.3 Å². The lowest BCUT2D eigenvalue weighted by atomic mass is 9.86. The predicted molar refractivity (Wildman–Crippen MR) is 85.2 cm³/mol. The minimum atomic E-state index is -3.18. The molecule has 0 aromatic carbocycles. The van der Waals surface area contributed by atoms with Gasteiger partial charge in [-0.25, -0.2) is 13.1 Å². The van der Waals surface area contributed by atoms with Crippen LogP contribution < -0.4 is 4.72 Å². The summed E-state index contributed by atoms with van der Waals surface area (Å²) in [5, 5.41) is 9.01. The van der Waals surface area contributed by atoms with Crippen LogP contribution in [0.5, 0.6) is 0 Å². The van der Waals surface area contributed by atoms with Gasteiger partial charge in [-0.15, -0.1) is 0 Å². The minimum absolute atomic E-state index is 0.0212. The van der Waals surface area contributed by atoms with Gasteiger partial charge < -0.3 is 5.11 Å². The van der Waals surface area contributed by atoms with E-state index in [9.17, 15) is 13.2 Å². The van der Waals surface area contributed by atoms with Crippen LogP contribution in [-0.4, -0.2) is 55.3 Å². The van der Waals surface area contributed by atoms with Crippen LogP contribution in [-0.2, 0) is 14.8 Å². The van der Waals surface area contributed by atoms with Crippen molar-refractivity contribution in [2.45, 2.75) is 64.0 Å². The molecule has 0 aromatic heterocycles. The van der Waals surface area contributed by atoms with Gasteiger partial charge in [0.15, 0.2) is 0 Å². The Morgan fingerprint density at radius 3 is 2.50 bits per heavy atom. The third-order valence-electron chi connectivity index (χ3n) is 4.52. The number of carboxylic acids is 1.